The van der Waals surface area contributed by atoms with Gasteiger partial charge >= 0.3 is 0 Å². The van der Waals surface area contributed by atoms with Crippen molar-refractivity contribution < 1.29 is 9.53 Å². The number of carbonyl (C=O) groups excluding carboxylic acids is 1. The van der Waals surface area contributed by atoms with Gasteiger partial charge in [0.25, 0.3) is 0 Å². The van der Waals surface area contributed by atoms with Gasteiger partial charge in [0, 0.05) is 17.2 Å². The summed E-state index contributed by atoms with van der Waals surface area (Å²) in [5.41, 5.74) is 0.302. The highest BCUT2D eigenvalue weighted by Gasteiger charge is 2.21. The van der Waals surface area contributed by atoms with Crippen molar-refractivity contribution in [1.29, 1.82) is 0 Å². The fourth-order valence-electron chi connectivity index (χ4n) is 1.37. The highest BCUT2D eigenvalue weighted by atomic mass is 32.1. The summed E-state index contributed by atoms with van der Waals surface area (Å²) in [7, 11) is 0. The number of hydrogen-bond donors (Lipinski definition) is 2. The summed E-state index contributed by atoms with van der Waals surface area (Å²) in [6, 6.07) is 7.45. The summed E-state index contributed by atoms with van der Waals surface area (Å²) in [6.45, 7) is 9.44. The Morgan fingerprint density at radius 3 is 2.50 bits per heavy atom. The van der Waals surface area contributed by atoms with Crippen molar-refractivity contribution >= 4 is 28.9 Å². The van der Waals surface area contributed by atoms with Crippen LogP contribution in [0.2, 0.25) is 0 Å². The maximum atomic E-state index is 11.8. The van der Waals surface area contributed by atoms with Gasteiger partial charge in [0.2, 0.25) is 5.91 Å². The van der Waals surface area contributed by atoms with Gasteiger partial charge in [-0.2, -0.15) is 0 Å². The summed E-state index contributed by atoms with van der Waals surface area (Å²) >= 11 is 5.13. The van der Waals surface area contributed by atoms with Crippen LogP contribution in [-0.4, -0.2) is 17.1 Å². The zero-order chi connectivity index (χ0) is 15.3. The van der Waals surface area contributed by atoms with Gasteiger partial charge in [0.1, 0.15) is 5.75 Å². The van der Waals surface area contributed by atoms with Gasteiger partial charge in [-0.1, -0.05) is 26.8 Å². The van der Waals surface area contributed by atoms with Gasteiger partial charge in [-0.15, -0.1) is 0 Å². The summed E-state index contributed by atoms with van der Waals surface area (Å²) in [5.74, 6) is 0.638. The Labute approximate surface area is 125 Å². The molecule has 1 amide bonds. The molecule has 0 heterocycles. The van der Waals surface area contributed by atoms with E-state index in [4.69, 9.17) is 17.0 Å². The van der Waals surface area contributed by atoms with Crippen LogP contribution in [0.15, 0.2) is 24.3 Å². The Morgan fingerprint density at radius 2 is 1.95 bits per heavy atom. The lowest BCUT2D eigenvalue weighted by Gasteiger charge is -2.19. The van der Waals surface area contributed by atoms with Crippen LogP contribution >= 0.6 is 12.2 Å². The standard InChI is InChI=1S/C15H22N2O2S/c1-10(2)19-12-8-6-7-11(9-12)16-14(20)17-13(18)15(3,4)5/h6-10H,1-5H3,(H2,16,17,18,20). The molecule has 0 fully saturated rings. The van der Waals surface area contributed by atoms with Gasteiger partial charge in [0.05, 0.1) is 6.10 Å². The maximum absolute atomic E-state index is 11.8. The second-order valence-corrected chi connectivity index (χ2v) is 6.26. The molecule has 20 heavy (non-hydrogen) atoms. The molecule has 0 saturated carbocycles. The van der Waals surface area contributed by atoms with E-state index in [1.54, 1.807) is 0 Å². The Hall–Kier alpha value is -1.62. The molecule has 1 rings (SSSR count). The first-order valence-corrected chi connectivity index (χ1v) is 6.98. The van der Waals surface area contributed by atoms with Crippen LogP contribution in [0.25, 0.3) is 0 Å². The van der Waals surface area contributed by atoms with E-state index >= 15 is 0 Å². The molecular formula is C15H22N2O2S. The molecule has 0 spiro atoms. The predicted octanol–water partition coefficient (Wildman–Crippen LogP) is 3.33. The van der Waals surface area contributed by atoms with Crippen molar-refractivity contribution in [3.8, 4) is 5.75 Å². The summed E-state index contributed by atoms with van der Waals surface area (Å²) in [5, 5.41) is 5.93. The van der Waals surface area contributed by atoms with E-state index in [2.05, 4.69) is 10.6 Å². The van der Waals surface area contributed by atoms with Gasteiger partial charge in [0.15, 0.2) is 5.11 Å². The normalized spacial score (nSPS) is 11.1. The number of carbonyl (C=O) groups is 1. The molecule has 1 aromatic carbocycles. The van der Waals surface area contributed by atoms with Crippen molar-refractivity contribution in [3.63, 3.8) is 0 Å². The van der Waals surface area contributed by atoms with E-state index < -0.39 is 5.41 Å². The quantitative estimate of drug-likeness (QED) is 0.840. The highest BCUT2D eigenvalue weighted by Crippen LogP contribution is 2.18. The van der Waals surface area contributed by atoms with Crippen LogP contribution in [0.4, 0.5) is 5.69 Å². The van der Waals surface area contributed by atoms with Gasteiger partial charge in [-0.05, 0) is 38.2 Å². The van der Waals surface area contributed by atoms with E-state index in [-0.39, 0.29) is 17.1 Å². The monoisotopic (exact) mass is 294 g/mol. The minimum Gasteiger partial charge on any atom is -0.491 e. The smallest absolute Gasteiger partial charge is 0.231 e. The van der Waals surface area contributed by atoms with E-state index in [0.29, 0.717) is 0 Å². The van der Waals surface area contributed by atoms with Crippen molar-refractivity contribution in [1.82, 2.24) is 5.32 Å². The minimum atomic E-state index is -0.478. The molecule has 0 aliphatic heterocycles. The third-order valence-electron chi connectivity index (χ3n) is 2.37. The third kappa shape index (κ3) is 5.57. The van der Waals surface area contributed by atoms with Gasteiger partial charge < -0.3 is 15.4 Å². The lowest BCUT2D eigenvalue weighted by Crippen LogP contribution is -2.41. The number of nitrogens with one attached hydrogen (secondary N) is 2. The molecule has 0 aliphatic rings. The van der Waals surface area contributed by atoms with Crippen molar-refractivity contribution in [3.05, 3.63) is 24.3 Å². The second-order valence-electron chi connectivity index (χ2n) is 5.85. The largest absolute Gasteiger partial charge is 0.491 e. The molecule has 0 aromatic heterocycles. The molecule has 0 aliphatic carbocycles. The number of rotatable bonds is 3. The molecule has 4 nitrogen and oxygen atoms in total. The number of anilines is 1. The molecule has 0 radical (unpaired) electrons. The average molecular weight is 294 g/mol. The lowest BCUT2D eigenvalue weighted by atomic mass is 9.96. The fraction of sp³-hybridized carbons (Fsp3) is 0.467. The number of benzene rings is 1. The Kier molecular flexibility index (Phi) is 5.51. The number of amides is 1. The topological polar surface area (TPSA) is 50.4 Å². The van der Waals surface area contributed by atoms with Crippen LogP contribution in [-0.2, 0) is 4.79 Å². The summed E-state index contributed by atoms with van der Waals surface area (Å²) in [6.07, 6.45) is 0.109. The van der Waals surface area contributed by atoms with Crippen LogP contribution in [0, 0.1) is 5.41 Å². The first-order chi connectivity index (χ1) is 9.18. The third-order valence-corrected chi connectivity index (χ3v) is 2.58. The second kappa shape index (κ2) is 6.70. The fourth-order valence-corrected chi connectivity index (χ4v) is 1.58. The molecule has 0 saturated heterocycles. The summed E-state index contributed by atoms with van der Waals surface area (Å²) < 4.78 is 5.60. The van der Waals surface area contributed by atoms with Crippen LogP contribution in [0.1, 0.15) is 34.6 Å². The predicted molar refractivity (Wildman–Crippen MR) is 86.0 cm³/mol. The highest BCUT2D eigenvalue weighted by molar-refractivity contribution is 7.80. The molecule has 0 unspecified atom stereocenters. The minimum absolute atomic E-state index is 0.109. The molecule has 1 aromatic rings. The van der Waals surface area contributed by atoms with Gasteiger partial charge in [-0.3, -0.25) is 4.79 Å². The van der Waals surface area contributed by atoms with Crippen LogP contribution < -0.4 is 15.4 Å². The van der Waals surface area contributed by atoms with Gasteiger partial charge in [-0.25, -0.2) is 0 Å². The van der Waals surface area contributed by atoms with E-state index in [9.17, 15) is 4.79 Å². The zero-order valence-electron chi connectivity index (χ0n) is 12.6. The van der Waals surface area contributed by atoms with E-state index in [1.165, 1.54) is 0 Å². The SMILES string of the molecule is CC(C)Oc1cccc(NC(=S)NC(=O)C(C)(C)C)c1. The maximum Gasteiger partial charge on any atom is 0.231 e. The number of hydrogen-bond acceptors (Lipinski definition) is 3. The lowest BCUT2D eigenvalue weighted by molar-refractivity contribution is -0.126. The number of thiocarbonyl (C=S) groups is 1. The molecule has 110 valence electrons. The van der Waals surface area contributed by atoms with Crippen LogP contribution in [0.3, 0.4) is 0 Å². The summed E-state index contributed by atoms with van der Waals surface area (Å²) in [4.78, 5) is 11.8. The molecule has 0 atom stereocenters. The first-order valence-electron chi connectivity index (χ1n) is 6.57. The first kappa shape index (κ1) is 16.4. The van der Waals surface area contributed by atoms with Crippen molar-refractivity contribution in [2.75, 3.05) is 5.32 Å². The molecule has 5 heteroatoms. The Morgan fingerprint density at radius 1 is 1.30 bits per heavy atom. The number of ether oxygens (including phenoxy) is 1. The zero-order valence-corrected chi connectivity index (χ0v) is 13.4. The Bertz CT molecular complexity index is 493. The average Bonchev–Trinajstić information content (AvgIpc) is 2.26. The molecule has 2 N–H and O–H groups in total. The van der Waals surface area contributed by atoms with Crippen LogP contribution in [0.5, 0.6) is 5.75 Å². The van der Waals surface area contributed by atoms with E-state index in [1.807, 2.05) is 58.9 Å². The molecule has 0 bridgehead atoms. The Balaban J connectivity index is 2.64. The van der Waals surface area contributed by atoms with Crippen molar-refractivity contribution in [2.24, 2.45) is 5.41 Å². The van der Waals surface area contributed by atoms with Crippen molar-refractivity contribution in [2.45, 2.75) is 40.7 Å². The molecular weight excluding hydrogens is 272 g/mol. The van der Waals surface area contributed by atoms with E-state index in [0.717, 1.165) is 11.4 Å².